The Hall–Kier alpha value is -2.08. The molecule has 0 spiro atoms. The highest BCUT2D eigenvalue weighted by Gasteiger charge is 2.25. The lowest BCUT2D eigenvalue weighted by Crippen LogP contribution is -2.46. The number of amides is 2. The fraction of sp³-hybridized carbons (Fsp3) is 0.600. The molecule has 1 atom stereocenters. The highest BCUT2D eigenvalue weighted by atomic mass is 16.6. The van der Waals surface area contributed by atoms with E-state index in [0.717, 1.165) is 37.9 Å². The van der Waals surface area contributed by atoms with Gasteiger partial charge in [0.25, 0.3) is 5.91 Å². The van der Waals surface area contributed by atoms with E-state index in [-0.39, 0.29) is 18.0 Å². The highest BCUT2D eigenvalue weighted by Crippen LogP contribution is 2.17. The molecule has 2 aliphatic heterocycles. The van der Waals surface area contributed by atoms with Crippen LogP contribution in [0.25, 0.3) is 0 Å². The van der Waals surface area contributed by atoms with Gasteiger partial charge in [-0.05, 0) is 69.3 Å². The fourth-order valence-corrected chi connectivity index (χ4v) is 3.75. The van der Waals surface area contributed by atoms with E-state index < -0.39 is 0 Å². The van der Waals surface area contributed by atoms with E-state index >= 15 is 0 Å². The molecular weight excluding hydrogens is 330 g/mol. The zero-order chi connectivity index (χ0) is 18.4. The number of nitrogens with one attached hydrogen (secondary N) is 2. The van der Waals surface area contributed by atoms with Gasteiger partial charge in [-0.2, -0.15) is 0 Å². The number of nitrogens with zero attached hydrogens (tertiary/aromatic N) is 1. The number of hydrogen-bond acceptors (Lipinski definition) is 4. The molecule has 1 unspecified atom stereocenters. The second-order valence-corrected chi connectivity index (χ2v) is 7.20. The quantitative estimate of drug-likeness (QED) is 0.845. The van der Waals surface area contributed by atoms with Gasteiger partial charge in [-0.25, -0.2) is 4.79 Å². The molecule has 142 valence electrons. The number of piperidine rings is 1. The van der Waals surface area contributed by atoms with Crippen LogP contribution >= 0.6 is 0 Å². The number of carbonyl (C=O) groups excluding carboxylic acids is 2. The van der Waals surface area contributed by atoms with Gasteiger partial charge >= 0.3 is 6.09 Å². The van der Waals surface area contributed by atoms with Crippen LogP contribution in [0.3, 0.4) is 0 Å². The van der Waals surface area contributed by atoms with Crippen LogP contribution in [-0.4, -0.2) is 55.7 Å². The molecule has 26 heavy (non-hydrogen) atoms. The summed E-state index contributed by atoms with van der Waals surface area (Å²) < 4.78 is 5.03. The van der Waals surface area contributed by atoms with Gasteiger partial charge in [-0.3, -0.25) is 4.79 Å². The average Bonchev–Trinajstić information content (AvgIpc) is 3.16. The summed E-state index contributed by atoms with van der Waals surface area (Å²) in [5.41, 5.74) is 1.95. The first-order chi connectivity index (χ1) is 12.7. The van der Waals surface area contributed by atoms with Gasteiger partial charge in [-0.15, -0.1) is 0 Å². The first kappa shape index (κ1) is 18.7. The van der Waals surface area contributed by atoms with E-state index in [4.69, 9.17) is 4.74 Å². The first-order valence-electron chi connectivity index (χ1n) is 9.68. The van der Waals surface area contributed by atoms with Crippen molar-refractivity contribution < 1.29 is 14.3 Å². The van der Waals surface area contributed by atoms with Crippen LogP contribution in [0.4, 0.5) is 4.79 Å². The fourth-order valence-electron chi connectivity index (χ4n) is 3.75. The lowest BCUT2D eigenvalue weighted by molar-refractivity contribution is 0.0860. The number of carbonyl (C=O) groups is 2. The topological polar surface area (TPSA) is 70.7 Å². The molecule has 2 fully saturated rings. The van der Waals surface area contributed by atoms with Crippen molar-refractivity contribution in [3.8, 4) is 0 Å². The number of benzene rings is 1. The van der Waals surface area contributed by atoms with Gasteiger partial charge in [0, 0.05) is 24.7 Å². The summed E-state index contributed by atoms with van der Waals surface area (Å²) in [7, 11) is 0. The molecule has 1 aromatic rings. The van der Waals surface area contributed by atoms with Crippen molar-refractivity contribution >= 4 is 12.0 Å². The number of likely N-dealkylation sites (tertiary alicyclic amines) is 1. The summed E-state index contributed by atoms with van der Waals surface area (Å²) in [6.07, 6.45) is 3.49. The Kier molecular flexibility index (Phi) is 6.50. The summed E-state index contributed by atoms with van der Waals surface area (Å²) in [6, 6.07) is 8.07. The van der Waals surface area contributed by atoms with Gasteiger partial charge in [0.05, 0.1) is 6.61 Å². The van der Waals surface area contributed by atoms with Gasteiger partial charge in [-0.1, -0.05) is 12.1 Å². The van der Waals surface area contributed by atoms with Gasteiger partial charge in [0.15, 0.2) is 0 Å². The van der Waals surface area contributed by atoms with E-state index in [2.05, 4.69) is 16.7 Å². The maximum absolute atomic E-state index is 12.6. The van der Waals surface area contributed by atoms with Gasteiger partial charge < -0.3 is 20.3 Å². The predicted molar refractivity (Wildman–Crippen MR) is 100 cm³/mol. The van der Waals surface area contributed by atoms with Crippen molar-refractivity contribution in [1.29, 1.82) is 0 Å². The highest BCUT2D eigenvalue weighted by molar-refractivity contribution is 5.94. The third kappa shape index (κ3) is 4.97. The van der Waals surface area contributed by atoms with Crippen LogP contribution in [0.1, 0.15) is 42.1 Å². The normalized spacial score (nSPS) is 20.8. The summed E-state index contributed by atoms with van der Waals surface area (Å²) in [5, 5.41) is 6.50. The average molecular weight is 359 g/mol. The molecule has 3 rings (SSSR count). The van der Waals surface area contributed by atoms with E-state index in [1.807, 2.05) is 25.1 Å². The van der Waals surface area contributed by atoms with Crippen LogP contribution in [-0.2, 0) is 11.2 Å². The van der Waals surface area contributed by atoms with Crippen molar-refractivity contribution in [2.75, 3.05) is 32.8 Å². The molecule has 0 aliphatic carbocycles. The summed E-state index contributed by atoms with van der Waals surface area (Å²) in [4.78, 5) is 26.0. The lowest BCUT2D eigenvalue weighted by Gasteiger charge is -2.31. The molecule has 2 aliphatic rings. The van der Waals surface area contributed by atoms with Crippen molar-refractivity contribution in [1.82, 2.24) is 15.5 Å². The van der Waals surface area contributed by atoms with Gasteiger partial charge in [0.2, 0.25) is 0 Å². The van der Waals surface area contributed by atoms with E-state index in [1.165, 1.54) is 12.0 Å². The number of hydrogen-bond donors (Lipinski definition) is 2. The standard InChI is InChI=1S/C20H29N3O3/c1-2-26-20(25)23-10-7-18(8-11-23)22-19(24)17-5-3-4-15(13-17)12-16-6-9-21-14-16/h3-5,13,16,18,21H,2,6-12,14H2,1H3,(H,22,24). The molecule has 0 bridgehead atoms. The maximum Gasteiger partial charge on any atom is 0.409 e. The molecule has 1 aromatic carbocycles. The van der Waals surface area contributed by atoms with Crippen molar-refractivity contribution in [3.63, 3.8) is 0 Å². The molecule has 2 heterocycles. The Morgan fingerprint density at radius 1 is 1.27 bits per heavy atom. The monoisotopic (exact) mass is 359 g/mol. The number of ether oxygens (including phenoxy) is 1. The SMILES string of the molecule is CCOC(=O)N1CCC(NC(=O)c2cccc(CC3CCNC3)c2)CC1. The Balaban J connectivity index is 1.50. The molecule has 6 heteroatoms. The molecule has 2 N–H and O–H groups in total. The van der Waals surface area contributed by atoms with Crippen LogP contribution < -0.4 is 10.6 Å². The third-order valence-electron chi connectivity index (χ3n) is 5.23. The van der Waals surface area contributed by atoms with E-state index in [0.29, 0.717) is 25.6 Å². The number of rotatable bonds is 5. The Labute approximate surface area is 155 Å². The Bertz CT molecular complexity index is 620. The zero-order valence-corrected chi connectivity index (χ0v) is 15.5. The molecular formula is C20H29N3O3. The summed E-state index contributed by atoms with van der Waals surface area (Å²) in [6.45, 7) is 5.60. The Morgan fingerprint density at radius 3 is 2.77 bits per heavy atom. The minimum atomic E-state index is -0.258. The largest absolute Gasteiger partial charge is 0.450 e. The molecule has 6 nitrogen and oxygen atoms in total. The summed E-state index contributed by atoms with van der Waals surface area (Å²) >= 11 is 0. The minimum absolute atomic E-state index is 0.0222. The van der Waals surface area contributed by atoms with Crippen LogP contribution in [0, 0.1) is 5.92 Å². The van der Waals surface area contributed by atoms with Crippen LogP contribution in [0.5, 0.6) is 0 Å². The molecule has 0 saturated carbocycles. The molecule has 2 saturated heterocycles. The maximum atomic E-state index is 12.6. The van der Waals surface area contributed by atoms with E-state index in [9.17, 15) is 9.59 Å². The first-order valence-corrected chi connectivity index (χ1v) is 9.68. The summed E-state index contributed by atoms with van der Waals surface area (Å²) in [5.74, 6) is 0.645. The Morgan fingerprint density at radius 2 is 2.08 bits per heavy atom. The molecule has 2 amide bonds. The van der Waals surface area contributed by atoms with Crippen molar-refractivity contribution in [2.24, 2.45) is 5.92 Å². The third-order valence-corrected chi connectivity index (χ3v) is 5.23. The minimum Gasteiger partial charge on any atom is -0.450 e. The predicted octanol–water partition coefficient (Wildman–Crippen LogP) is 2.19. The second kappa shape index (κ2) is 9.03. The second-order valence-electron chi connectivity index (χ2n) is 7.20. The van der Waals surface area contributed by atoms with Crippen LogP contribution in [0.2, 0.25) is 0 Å². The van der Waals surface area contributed by atoms with E-state index in [1.54, 1.807) is 4.90 Å². The van der Waals surface area contributed by atoms with Crippen molar-refractivity contribution in [2.45, 2.75) is 38.6 Å². The smallest absolute Gasteiger partial charge is 0.409 e. The lowest BCUT2D eigenvalue weighted by atomic mass is 9.97. The van der Waals surface area contributed by atoms with Crippen molar-refractivity contribution in [3.05, 3.63) is 35.4 Å². The zero-order valence-electron chi connectivity index (χ0n) is 15.5. The van der Waals surface area contributed by atoms with Gasteiger partial charge in [0.1, 0.15) is 0 Å². The van der Waals surface area contributed by atoms with Crippen LogP contribution in [0.15, 0.2) is 24.3 Å². The molecule has 0 aromatic heterocycles. The molecule has 0 radical (unpaired) electrons.